The summed E-state index contributed by atoms with van der Waals surface area (Å²) < 4.78 is 5.09. The molecule has 1 unspecified atom stereocenters. The van der Waals surface area contributed by atoms with E-state index < -0.39 is 0 Å². The van der Waals surface area contributed by atoms with E-state index in [1.807, 2.05) is 6.92 Å². The minimum absolute atomic E-state index is 0.125. The second-order valence-electron chi connectivity index (χ2n) is 5.55. The third kappa shape index (κ3) is 4.14. The largest absolute Gasteiger partial charge is 0.382 e. The molecule has 0 aromatic carbocycles. The van der Waals surface area contributed by atoms with Gasteiger partial charge in [0.1, 0.15) is 0 Å². The van der Waals surface area contributed by atoms with Crippen LogP contribution in [0.5, 0.6) is 0 Å². The second kappa shape index (κ2) is 6.95. The van der Waals surface area contributed by atoms with Gasteiger partial charge in [-0.3, -0.25) is 5.43 Å². The Hall–Kier alpha value is -0.810. The number of piperidine rings is 1. The Morgan fingerprint density at radius 1 is 1.50 bits per heavy atom. The molecule has 0 saturated carbocycles. The second-order valence-corrected chi connectivity index (χ2v) is 5.55. The summed E-state index contributed by atoms with van der Waals surface area (Å²) in [4.78, 5) is 6.80. The first kappa shape index (κ1) is 15.2. The van der Waals surface area contributed by atoms with Crippen molar-refractivity contribution in [2.75, 3.05) is 26.8 Å². The van der Waals surface area contributed by atoms with Crippen molar-refractivity contribution in [3.63, 3.8) is 0 Å². The lowest BCUT2D eigenvalue weighted by Crippen LogP contribution is -2.50. The molecule has 1 aliphatic rings. The molecular weight excluding hydrogens is 228 g/mol. The summed E-state index contributed by atoms with van der Waals surface area (Å²) in [5, 5.41) is 0. The van der Waals surface area contributed by atoms with E-state index >= 15 is 0 Å². The summed E-state index contributed by atoms with van der Waals surface area (Å²) in [6.45, 7) is 9.32. The highest BCUT2D eigenvalue weighted by Crippen LogP contribution is 2.33. The van der Waals surface area contributed by atoms with Crippen LogP contribution in [0.25, 0.3) is 0 Å². The molecule has 5 heteroatoms. The highest BCUT2D eigenvalue weighted by Gasteiger charge is 2.29. The van der Waals surface area contributed by atoms with Crippen LogP contribution in [0, 0.1) is 5.41 Å². The topological polar surface area (TPSA) is 62.9 Å². The van der Waals surface area contributed by atoms with Crippen molar-refractivity contribution in [1.82, 2.24) is 10.3 Å². The number of nitrogens with two attached hydrogens (primary N) is 1. The van der Waals surface area contributed by atoms with Gasteiger partial charge in [0.05, 0.1) is 12.6 Å². The summed E-state index contributed by atoms with van der Waals surface area (Å²) >= 11 is 0. The Kier molecular flexibility index (Phi) is 5.88. The lowest BCUT2D eigenvalue weighted by Gasteiger charge is -2.40. The smallest absolute Gasteiger partial charge is 0.208 e. The first-order valence-corrected chi connectivity index (χ1v) is 6.83. The Bertz CT molecular complexity index is 272. The van der Waals surface area contributed by atoms with Crippen LogP contribution < -0.4 is 11.3 Å². The van der Waals surface area contributed by atoms with Crippen molar-refractivity contribution in [2.24, 2.45) is 16.3 Å². The van der Waals surface area contributed by atoms with Crippen LogP contribution in [0.2, 0.25) is 0 Å². The number of methoxy groups -OCH3 is 1. The lowest BCUT2D eigenvalue weighted by molar-refractivity contribution is 0.157. The minimum atomic E-state index is 0.125. The molecule has 5 nitrogen and oxygen atoms in total. The average Bonchev–Trinajstić information content (AvgIpc) is 2.37. The molecule has 0 amide bonds. The van der Waals surface area contributed by atoms with E-state index in [9.17, 15) is 0 Å². The first-order chi connectivity index (χ1) is 8.54. The predicted molar refractivity (Wildman–Crippen MR) is 75.3 cm³/mol. The molecule has 1 aliphatic heterocycles. The van der Waals surface area contributed by atoms with Gasteiger partial charge in [-0.25, -0.2) is 10.8 Å². The van der Waals surface area contributed by atoms with E-state index in [0.29, 0.717) is 12.0 Å². The maximum absolute atomic E-state index is 5.58. The summed E-state index contributed by atoms with van der Waals surface area (Å²) in [5.41, 5.74) is 3.21. The van der Waals surface area contributed by atoms with Crippen molar-refractivity contribution >= 4 is 5.96 Å². The maximum Gasteiger partial charge on any atom is 0.208 e. The molecule has 18 heavy (non-hydrogen) atoms. The lowest BCUT2D eigenvalue weighted by atomic mass is 9.78. The van der Waals surface area contributed by atoms with Crippen LogP contribution in [0.3, 0.4) is 0 Å². The molecule has 1 rings (SSSR count). The van der Waals surface area contributed by atoms with E-state index in [1.165, 1.54) is 19.3 Å². The number of hydrazine groups is 1. The standard InChI is InChI=1S/C13H28N4O/c1-5-13(3)6-8-17(9-7-13)12(16-14)15-11(2)10-18-4/h11H,5-10,14H2,1-4H3,(H,15,16). The predicted octanol–water partition coefficient (Wildman–Crippen LogP) is 1.35. The number of guanidine groups is 1. The number of nitrogens with zero attached hydrogens (tertiary/aromatic N) is 2. The molecule has 0 aromatic rings. The van der Waals surface area contributed by atoms with E-state index in [1.54, 1.807) is 7.11 Å². The van der Waals surface area contributed by atoms with Gasteiger partial charge < -0.3 is 9.64 Å². The zero-order valence-electron chi connectivity index (χ0n) is 12.2. The molecule has 0 radical (unpaired) electrons. The van der Waals surface area contributed by atoms with Gasteiger partial charge in [-0.1, -0.05) is 20.3 Å². The van der Waals surface area contributed by atoms with Crippen molar-refractivity contribution in [2.45, 2.75) is 46.1 Å². The number of ether oxygens (including phenoxy) is 1. The molecule has 3 N–H and O–H groups in total. The monoisotopic (exact) mass is 256 g/mol. The van der Waals surface area contributed by atoms with Gasteiger partial charge in [0, 0.05) is 20.2 Å². The maximum atomic E-state index is 5.58. The number of rotatable bonds is 4. The van der Waals surface area contributed by atoms with Gasteiger partial charge in [0.15, 0.2) is 0 Å². The van der Waals surface area contributed by atoms with Gasteiger partial charge in [-0.15, -0.1) is 0 Å². The van der Waals surface area contributed by atoms with Crippen LogP contribution >= 0.6 is 0 Å². The van der Waals surface area contributed by atoms with Crippen LogP contribution in [-0.4, -0.2) is 43.7 Å². The molecule has 0 bridgehead atoms. The number of likely N-dealkylation sites (tertiary alicyclic amines) is 1. The minimum Gasteiger partial charge on any atom is -0.382 e. The van der Waals surface area contributed by atoms with E-state index in [4.69, 9.17) is 10.6 Å². The number of aliphatic imine (C=N–C) groups is 1. The molecule has 0 aliphatic carbocycles. The summed E-state index contributed by atoms with van der Waals surface area (Å²) in [6, 6.07) is 0.125. The molecule has 0 aromatic heterocycles. The van der Waals surface area contributed by atoms with Crippen LogP contribution in [0.15, 0.2) is 4.99 Å². The Labute approximate surface area is 111 Å². The molecule has 0 spiro atoms. The van der Waals surface area contributed by atoms with Gasteiger partial charge in [0.25, 0.3) is 0 Å². The van der Waals surface area contributed by atoms with E-state index in [-0.39, 0.29) is 6.04 Å². The van der Waals surface area contributed by atoms with Gasteiger partial charge >= 0.3 is 0 Å². The first-order valence-electron chi connectivity index (χ1n) is 6.83. The third-order valence-electron chi connectivity index (χ3n) is 4.00. The fraction of sp³-hybridized carbons (Fsp3) is 0.923. The van der Waals surface area contributed by atoms with Crippen molar-refractivity contribution in [3.8, 4) is 0 Å². The van der Waals surface area contributed by atoms with E-state index in [2.05, 4.69) is 29.2 Å². The average molecular weight is 256 g/mol. The molecule has 1 saturated heterocycles. The van der Waals surface area contributed by atoms with Gasteiger partial charge in [0.2, 0.25) is 5.96 Å². The zero-order valence-corrected chi connectivity index (χ0v) is 12.2. The SMILES string of the molecule is CCC1(C)CCN(C(=NC(C)COC)NN)CC1. The molecule has 1 atom stereocenters. The normalized spacial score (nSPS) is 21.8. The Morgan fingerprint density at radius 2 is 2.11 bits per heavy atom. The van der Waals surface area contributed by atoms with Crippen LogP contribution in [-0.2, 0) is 4.74 Å². The summed E-state index contributed by atoms with van der Waals surface area (Å²) in [7, 11) is 1.69. The quantitative estimate of drug-likeness (QED) is 0.345. The van der Waals surface area contributed by atoms with Crippen molar-refractivity contribution < 1.29 is 4.74 Å². The summed E-state index contributed by atoms with van der Waals surface area (Å²) in [6.07, 6.45) is 3.63. The summed E-state index contributed by atoms with van der Waals surface area (Å²) in [5.74, 6) is 6.37. The molecular formula is C13H28N4O. The van der Waals surface area contributed by atoms with Crippen LogP contribution in [0.4, 0.5) is 0 Å². The van der Waals surface area contributed by atoms with E-state index in [0.717, 1.165) is 19.0 Å². The highest BCUT2D eigenvalue weighted by atomic mass is 16.5. The van der Waals surface area contributed by atoms with Crippen LogP contribution in [0.1, 0.15) is 40.0 Å². The third-order valence-corrected chi connectivity index (χ3v) is 4.00. The van der Waals surface area contributed by atoms with Gasteiger partial charge in [-0.2, -0.15) is 0 Å². The fourth-order valence-corrected chi connectivity index (χ4v) is 2.31. The van der Waals surface area contributed by atoms with Crippen molar-refractivity contribution in [3.05, 3.63) is 0 Å². The number of hydrogen-bond donors (Lipinski definition) is 2. The molecule has 1 heterocycles. The fourth-order valence-electron chi connectivity index (χ4n) is 2.31. The zero-order chi connectivity index (χ0) is 13.6. The van der Waals surface area contributed by atoms with Crippen molar-refractivity contribution in [1.29, 1.82) is 0 Å². The molecule has 1 fully saturated rings. The molecule has 106 valence electrons. The number of nitrogens with one attached hydrogen (secondary N) is 1. The Morgan fingerprint density at radius 3 is 2.56 bits per heavy atom. The van der Waals surface area contributed by atoms with Gasteiger partial charge in [-0.05, 0) is 25.2 Å². The highest BCUT2D eigenvalue weighted by molar-refractivity contribution is 5.79. The Balaban J connectivity index is 2.58. The number of hydrogen-bond acceptors (Lipinski definition) is 3.